The summed E-state index contributed by atoms with van der Waals surface area (Å²) in [6.07, 6.45) is 6.38. The summed E-state index contributed by atoms with van der Waals surface area (Å²) in [5, 5.41) is 12.9. The summed E-state index contributed by atoms with van der Waals surface area (Å²) in [5.41, 5.74) is 2.56. The van der Waals surface area contributed by atoms with Crippen LogP contribution in [-0.2, 0) is 17.6 Å². The zero-order valence-electron chi connectivity index (χ0n) is 12.8. The summed E-state index contributed by atoms with van der Waals surface area (Å²) in [6, 6.07) is 0. The van der Waals surface area contributed by atoms with E-state index in [0.717, 1.165) is 57.1 Å². The summed E-state index contributed by atoms with van der Waals surface area (Å²) >= 11 is 0. The van der Waals surface area contributed by atoms with Crippen molar-refractivity contribution in [1.82, 2.24) is 9.97 Å². The van der Waals surface area contributed by atoms with E-state index in [0.29, 0.717) is 0 Å². The molecule has 1 atom stereocenters. The number of nitrogens with one attached hydrogen (secondary N) is 1. The zero-order chi connectivity index (χ0) is 14.7. The largest absolute Gasteiger partial charge is 0.396 e. The molecule has 1 aromatic rings. The molecule has 2 aliphatic rings. The van der Waals surface area contributed by atoms with Crippen LogP contribution in [0.4, 0.5) is 5.82 Å². The maximum Gasteiger partial charge on any atom is 0.133 e. The maximum atomic E-state index is 9.32. The molecule has 1 unspecified atom stereocenters. The lowest BCUT2D eigenvalue weighted by molar-refractivity contribution is 0.133. The average molecular weight is 291 g/mol. The first-order valence-electron chi connectivity index (χ1n) is 8.01. The Morgan fingerprint density at radius 2 is 2.14 bits per heavy atom. The Morgan fingerprint density at radius 3 is 2.90 bits per heavy atom. The SMILES string of the molecule is Cc1nc2c(c(NCC3(CCO)CCOC3)n1)CCCC2. The van der Waals surface area contributed by atoms with Crippen molar-refractivity contribution in [3.05, 3.63) is 17.1 Å². The van der Waals surface area contributed by atoms with Crippen molar-refractivity contribution in [2.45, 2.75) is 45.4 Å². The van der Waals surface area contributed by atoms with E-state index in [-0.39, 0.29) is 12.0 Å². The predicted octanol–water partition coefficient (Wildman–Crippen LogP) is 1.86. The van der Waals surface area contributed by atoms with Gasteiger partial charge in [-0.2, -0.15) is 0 Å². The van der Waals surface area contributed by atoms with Crippen molar-refractivity contribution in [2.75, 3.05) is 31.7 Å². The molecule has 0 radical (unpaired) electrons. The summed E-state index contributed by atoms with van der Waals surface area (Å²) in [6.45, 7) is 4.51. The lowest BCUT2D eigenvalue weighted by atomic mass is 9.84. The fourth-order valence-corrected chi connectivity index (χ4v) is 3.45. The van der Waals surface area contributed by atoms with Gasteiger partial charge in [0.05, 0.1) is 6.61 Å². The average Bonchev–Trinajstić information content (AvgIpc) is 2.94. The molecule has 1 saturated heterocycles. The van der Waals surface area contributed by atoms with Crippen LogP contribution < -0.4 is 5.32 Å². The normalized spacial score (nSPS) is 24.9. The molecule has 1 aliphatic carbocycles. The highest BCUT2D eigenvalue weighted by molar-refractivity contribution is 5.48. The van der Waals surface area contributed by atoms with Crippen LogP contribution in [0.25, 0.3) is 0 Å². The molecule has 5 nitrogen and oxygen atoms in total. The number of ether oxygens (including phenoxy) is 1. The van der Waals surface area contributed by atoms with Crippen LogP contribution in [-0.4, -0.2) is 41.4 Å². The molecule has 2 N–H and O–H groups in total. The fourth-order valence-electron chi connectivity index (χ4n) is 3.45. The van der Waals surface area contributed by atoms with E-state index >= 15 is 0 Å². The Kier molecular flexibility index (Phi) is 4.40. The van der Waals surface area contributed by atoms with E-state index in [2.05, 4.69) is 15.3 Å². The predicted molar refractivity (Wildman–Crippen MR) is 81.5 cm³/mol. The van der Waals surface area contributed by atoms with Crippen LogP contribution in [0.3, 0.4) is 0 Å². The molecule has 1 aliphatic heterocycles. The van der Waals surface area contributed by atoms with Crippen molar-refractivity contribution in [3.8, 4) is 0 Å². The van der Waals surface area contributed by atoms with Gasteiger partial charge in [-0.25, -0.2) is 9.97 Å². The molecule has 3 rings (SSSR count). The number of aliphatic hydroxyl groups is 1. The van der Waals surface area contributed by atoms with Crippen LogP contribution in [0.15, 0.2) is 0 Å². The summed E-state index contributed by atoms with van der Waals surface area (Å²) in [5.74, 6) is 1.85. The quantitative estimate of drug-likeness (QED) is 0.867. The number of nitrogens with zero attached hydrogens (tertiary/aromatic N) is 2. The first-order chi connectivity index (χ1) is 10.2. The minimum atomic E-state index is 0.0507. The van der Waals surface area contributed by atoms with Crippen molar-refractivity contribution < 1.29 is 9.84 Å². The van der Waals surface area contributed by atoms with Crippen molar-refractivity contribution in [3.63, 3.8) is 0 Å². The number of fused-ring (bicyclic) bond motifs is 1. The van der Waals surface area contributed by atoms with Crippen LogP contribution in [0.2, 0.25) is 0 Å². The Labute approximate surface area is 126 Å². The van der Waals surface area contributed by atoms with E-state index in [1.165, 1.54) is 24.1 Å². The van der Waals surface area contributed by atoms with Crippen LogP contribution in [0.5, 0.6) is 0 Å². The molecule has 0 amide bonds. The molecule has 1 fully saturated rings. The van der Waals surface area contributed by atoms with Gasteiger partial charge >= 0.3 is 0 Å². The second kappa shape index (κ2) is 6.28. The smallest absolute Gasteiger partial charge is 0.133 e. The molecular formula is C16H25N3O2. The van der Waals surface area contributed by atoms with Gasteiger partial charge < -0.3 is 15.2 Å². The Morgan fingerprint density at radius 1 is 1.29 bits per heavy atom. The third-order valence-electron chi connectivity index (χ3n) is 4.75. The topological polar surface area (TPSA) is 67.3 Å². The lowest BCUT2D eigenvalue weighted by Gasteiger charge is -2.28. The van der Waals surface area contributed by atoms with Crippen LogP contribution in [0, 0.1) is 12.3 Å². The Balaban J connectivity index is 1.76. The molecule has 0 spiro atoms. The van der Waals surface area contributed by atoms with E-state index in [9.17, 15) is 5.11 Å². The number of hydrogen-bond acceptors (Lipinski definition) is 5. The molecule has 1 aromatic heterocycles. The van der Waals surface area contributed by atoms with Gasteiger partial charge in [0.25, 0.3) is 0 Å². The number of rotatable bonds is 5. The van der Waals surface area contributed by atoms with Crippen LogP contribution >= 0.6 is 0 Å². The molecule has 2 heterocycles. The van der Waals surface area contributed by atoms with Crippen molar-refractivity contribution >= 4 is 5.82 Å². The zero-order valence-corrected chi connectivity index (χ0v) is 12.8. The highest BCUT2D eigenvalue weighted by Crippen LogP contribution is 2.33. The minimum Gasteiger partial charge on any atom is -0.396 e. The molecule has 0 aromatic carbocycles. The standard InChI is InChI=1S/C16H25N3O2/c1-12-18-14-5-3-2-4-13(14)15(19-12)17-10-16(6-8-20)7-9-21-11-16/h20H,2-11H2,1H3,(H,17,18,19). The van der Waals surface area contributed by atoms with E-state index in [1.807, 2.05) is 6.92 Å². The number of anilines is 1. The second-order valence-electron chi connectivity index (χ2n) is 6.38. The third kappa shape index (κ3) is 3.19. The summed E-state index contributed by atoms with van der Waals surface area (Å²) in [4.78, 5) is 9.21. The highest BCUT2D eigenvalue weighted by atomic mass is 16.5. The lowest BCUT2D eigenvalue weighted by Crippen LogP contribution is -2.32. The van der Waals surface area contributed by atoms with E-state index in [1.54, 1.807) is 0 Å². The molecule has 0 saturated carbocycles. The summed E-state index contributed by atoms with van der Waals surface area (Å²) < 4.78 is 5.55. The Hall–Kier alpha value is -1.20. The minimum absolute atomic E-state index is 0.0507. The van der Waals surface area contributed by atoms with E-state index in [4.69, 9.17) is 4.74 Å². The molecule has 21 heavy (non-hydrogen) atoms. The number of aliphatic hydroxyl groups excluding tert-OH is 1. The maximum absolute atomic E-state index is 9.32. The Bertz CT molecular complexity index is 499. The molecular weight excluding hydrogens is 266 g/mol. The van der Waals surface area contributed by atoms with Gasteiger partial charge in [0.1, 0.15) is 11.6 Å². The summed E-state index contributed by atoms with van der Waals surface area (Å²) in [7, 11) is 0. The van der Waals surface area contributed by atoms with Gasteiger partial charge in [0, 0.05) is 36.4 Å². The van der Waals surface area contributed by atoms with Gasteiger partial charge in [0.2, 0.25) is 0 Å². The van der Waals surface area contributed by atoms with Crippen molar-refractivity contribution in [2.24, 2.45) is 5.41 Å². The van der Waals surface area contributed by atoms with Gasteiger partial charge in [0.15, 0.2) is 0 Å². The highest BCUT2D eigenvalue weighted by Gasteiger charge is 2.34. The fraction of sp³-hybridized carbons (Fsp3) is 0.750. The van der Waals surface area contributed by atoms with Crippen molar-refractivity contribution in [1.29, 1.82) is 0 Å². The van der Waals surface area contributed by atoms with Crippen LogP contribution in [0.1, 0.15) is 42.8 Å². The number of hydrogen-bond donors (Lipinski definition) is 2. The first-order valence-corrected chi connectivity index (χ1v) is 8.01. The van der Waals surface area contributed by atoms with Gasteiger partial charge in [-0.1, -0.05) is 0 Å². The molecule has 0 bridgehead atoms. The van der Waals surface area contributed by atoms with Gasteiger partial charge in [-0.15, -0.1) is 0 Å². The second-order valence-corrected chi connectivity index (χ2v) is 6.38. The monoisotopic (exact) mass is 291 g/mol. The van der Waals surface area contributed by atoms with Gasteiger partial charge in [-0.3, -0.25) is 0 Å². The molecule has 116 valence electrons. The van der Waals surface area contributed by atoms with Gasteiger partial charge in [-0.05, 0) is 45.4 Å². The number of aromatic nitrogens is 2. The third-order valence-corrected chi connectivity index (χ3v) is 4.75. The molecule has 5 heteroatoms. The number of aryl methyl sites for hydroxylation is 2. The first kappa shape index (κ1) is 14.7. The van der Waals surface area contributed by atoms with E-state index < -0.39 is 0 Å².